The van der Waals surface area contributed by atoms with Gasteiger partial charge in [0.05, 0.1) is 24.1 Å². The third-order valence-corrected chi connectivity index (χ3v) is 6.48. The zero-order chi connectivity index (χ0) is 18.7. The summed E-state index contributed by atoms with van der Waals surface area (Å²) in [6, 6.07) is 14.3. The molecule has 5 nitrogen and oxygen atoms in total. The van der Waals surface area contributed by atoms with Gasteiger partial charge in [-0.05, 0) is 49.2 Å². The highest BCUT2D eigenvalue weighted by atomic mass is 35.5. The van der Waals surface area contributed by atoms with Crippen LogP contribution in [0.4, 0.5) is 11.4 Å². The Labute approximate surface area is 158 Å². The molecule has 0 saturated carbocycles. The molecule has 0 radical (unpaired) electrons. The van der Waals surface area contributed by atoms with Crippen LogP contribution in [0, 0.1) is 6.92 Å². The quantitative estimate of drug-likeness (QED) is 0.847. The minimum atomic E-state index is -3.09. The Morgan fingerprint density at radius 2 is 1.96 bits per heavy atom. The lowest BCUT2D eigenvalue weighted by molar-refractivity contribution is -0.117. The molecule has 2 aromatic rings. The van der Waals surface area contributed by atoms with Gasteiger partial charge < -0.3 is 10.2 Å². The zero-order valence-corrected chi connectivity index (χ0v) is 16.1. The fourth-order valence-corrected chi connectivity index (χ4v) is 5.13. The van der Waals surface area contributed by atoms with Crippen LogP contribution in [0.5, 0.6) is 0 Å². The van der Waals surface area contributed by atoms with E-state index in [4.69, 9.17) is 11.6 Å². The molecule has 1 aliphatic rings. The predicted molar refractivity (Wildman–Crippen MR) is 106 cm³/mol. The van der Waals surface area contributed by atoms with Crippen LogP contribution in [0.3, 0.4) is 0 Å². The van der Waals surface area contributed by atoms with Crippen molar-refractivity contribution in [3.63, 3.8) is 0 Å². The van der Waals surface area contributed by atoms with Crippen molar-refractivity contribution < 1.29 is 13.2 Å². The summed E-state index contributed by atoms with van der Waals surface area (Å²) in [5.74, 6) is -0.0290. The fourth-order valence-electron chi connectivity index (χ4n) is 3.21. The van der Waals surface area contributed by atoms with Crippen molar-refractivity contribution in [3.05, 3.63) is 59.1 Å². The summed E-state index contributed by atoms with van der Waals surface area (Å²) in [6.45, 7) is 1.99. The Morgan fingerprint density at radius 1 is 1.23 bits per heavy atom. The number of rotatable bonds is 5. The molecule has 0 unspecified atom stereocenters. The number of aryl methyl sites for hydroxylation is 1. The molecule has 0 aliphatic carbocycles. The van der Waals surface area contributed by atoms with Crippen LogP contribution in [-0.4, -0.2) is 38.4 Å². The highest BCUT2D eigenvalue weighted by Gasteiger charge is 2.35. The molecule has 2 aromatic carbocycles. The molecule has 1 atom stereocenters. The second-order valence-corrected chi connectivity index (χ2v) is 9.13. The van der Waals surface area contributed by atoms with Crippen molar-refractivity contribution >= 4 is 38.7 Å². The maximum Gasteiger partial charge on any atom is 0.246 e. The fraction of sp³-hybridized carbons (Fsp3) is 0.316. The van der Waals surface area contributed by atoms with Gasteiger partial charge in [0.15, 0.2) is 9.84 Å². The number of nitrogens with one attached hydrogen (secondary N) is 1. The summed E-state index contributed by atoms with van der Waals surface area (Å²) in [6.07, 6.45) is 0.461. The van der Waals surface area contributed by atoms with Crippen LogP contribution in [0.25, 0.3) is 0 Å². The molecule has 3 rings (SSSR count). The number of anilines is 2. The molecule has 7 heteroatoms. The van der Waals surface area contributed by atoms with Crippen molar-refractivity contribution in [2.75, 3.05) is 28.3 Å². The molecule has 0 spiro atoms. The smallest absolute Gasteiger partial charge is 0.246 e. The van der Waals surface area contributed by atoms with E-state index < -0.39 is 9.84 Å². The first kappa shape index (κ1) is 18.7. The lowest BCUT2D eigenvalue weighted by Crippen LogP contribution is -2.44. The van der Waals surface area contributed by atoms with Crippen molar-refractivity contribution in [2.24, 2.45) is 0 Å². The molecule has 0 aromatic heterocycles. The monoisotopic (exact) mass is 392 g/mol. The number of hydrogen-bond donors (Lipinski definition) is 1. The Morgan fingerprint density at radius 3 is 2.58 bits per heavy atom. The summed E-state index contributed by atoms with van der Waals surface area (Å²) in [5.41, 5.74) is 2.49. The molecule has 1 heterocycles. The van der Waals surface area contributed by atoms with E-state index >= 15 is 0 Å². The predicted octanol–water partition coefficient (Wildman–Crippen LogP) is 3.28. The molecular weight excluding hydrogens is 372 g/mol. The van der Waals surface area contributed by atoms with Crippen LogP contribution in [0.15, 0.2) is 48.5 Å². The summed E-state index contributed by atoms with van der Waals surface area (Å²) < 4.78 is 23.8. The highest BCUT2D eigenvalue weighted by molar-refractivity contribution is 7.91. The minimum absolute atomic E-state index is 0.00755. The van der Waals surface area contributed by atoms with E-state index in [-0.39, 0.29) is 30.0 Å². The van der Waals surface area contributed by atoms with Crippen LogP contribution >= 0.6 is 11.6 Å². The Bertz CT molecular complexity index is 900. The third-order valence-electron chi connectivity index (χ3n) is 4.50. The molecular formula is C19H21ClN2O3S. The van der Waals surface area contributed by atoms with Gasteiger partial charge in [-0.2, -0.15) is 0 Å². The summed E-state index contributed by atoms with van der Waals surface area (Å²) in [4.78, 5) is 14.5. The number of para-hydroxylation sites is 1. The Balaban J connectivity index is 1.79. The molecule has 1 amide bonds. The molecule has 1 saturated heterocycles. The number of nitrogens with zero attached hydrogens (tertiary/aromatic N) is 1. The molecule has 1 fully saturated rings. The maximum atomic E-state index is 12.9. The first-order valence-electron chi connectivity index (χ1n) is 8.43. The topological polar surface area (TPSA) is 66.5 Å². The summed E-state index contributed by atoms with van der Waals surface area (Å²) >= 11 is 5.96. The third kappa shape index (κ3) is 4.37. The van der Waals surface area contributed by atoms with Crippen LogP contribution in [0.2, 0.25) is 5.02 Å². The number of amides is 1. The first-order valence-corrected chi connectivity index (χ1v) is 10.6. The van der Waals surface area contributed by atoms with E-state index in [0.29, 0.717) is 17.1 Å². The summed E-state index contributed by atoms with van der Waals surface area (Å²) in [5, 5.41) is 3.78. The summed E-state index contributed by atoms with van der Waals surface area (Å²) in [7, 11) is -3.09. The van der Waals surface area contributed by atoms with Gasteiger partial charge in [-0.1, -0.05) is 29.8 Å². The van der Waals surface area contributed by atoms with Gasteiger partial charge >= 0.3 is 0 Å². The molecule has 0 bridgehead atoms. The van der Waals surface area contributed by atoms with E-state index in [1.165, 1.54) is 0 Å². The lowest BCUT2D eigenvalue weighted by Gasteiger charge is -2.29. The van der Waals surface area contributed by atoms with Crippen molar-refractivity contribution in [1.29, 1.82) is 0 Å². The van der Waals surface area contributed by atoms with Gasteiger partial charge in [0.25, 0.3) is 0 Å². The Hall–Kier alpha value is -2.05. The minimum Gasteiger partial charge on any atom is -0.376 e. The number of halogens is 1. The lowest BCUT2D eigenvalue weighted by atomic mass is 10.1. The largest absolute Gasteiger partial charge is 0.376 e. The molecule has 1 N–H and O–H groups in total. The number of carbonyl (C=O) groups excluding carboxylic acids is 1. The number of sulfone groups is 1. The second-order valence-electron chi connectivity index (χ2n) is 6.47. The number of carbonyl (C=O) groups is 1. The molecule has 1 aliphatic heterocycles. The molecule has 26 heavy (non-hydrogen) atoms. The maximum absolute atomic E-state index is 12.9. The number of hydrogen-bond acceptors (Lipinski definition) is 4. The molecule has 138 valence electrons. The van der Waals surface area contributed by atoms with E-state index in [1.807, 2.05) is 49.4 Å². The van der Waals surface area contributed by atoms with Gasteiger partial charge in [-0.15, -0.1) is 0 Å². The normalized spacial score (nSPS) is 18.5. The van der Waals surface area contributed by atoms with Crippen LogP contribution < -0.4 is 10.2 Å². The van der Waals surface area contributed by atoms with E-state index in [0.717, 1.165) is 11.3 Å². The van der Waals surface area contributed by atoms with E-state index in [9.17, 15) is 13.2 Å². The van der Waals surface area contributed by atoms with Crippen molar-refractivity contribution in [2.45, 2.75) is 19.4 Å². The second kappa shape index (κ2) is 7.68. The van der Waals surface area contributed by atoms with E-state index in [2.05, 4.69) is 5.32 Å². The van der Waals surface area contributed by atoms with Crippen molar-refractivity contribution in [3.8, 4) is 0 Å². The standard InChI is InChI=1S/C19H21ClN2O3S/c1-14-11-15(20)7-8-18(14)21-12-19(23)22(16-5-3-2-4-6-16)17-9-10-26(24,25)13-17/h2-8,11,17,21H,9-10,12-13H2,1H3/t17-/m1/s1. The zero-order valence-electron chi connectivity index (χ0n) is 14.5. The van der Waals surface area contributed by atoms with Gasteiger partial charge in [0, 0.05) is 16.4 Å². The Kier molecular flexibility index (Phi) is 5.53. The van der Waals surface area contributed by atoms with Gasteiger partial charge in [-0.25, -0.2) is 8.42 Å². The highest BCUT2D eigenvalue weighted by Crippen LogP contribution is 2.25. The van der Waals surface area contributed by atoms with Crippen molar-refractivity contribution in [1.82, 2.24) is 0 Å². The average Bonchev–Trinajstić information content (AvgIpc) is 2.95. The van der Waals surface area contributed by atoms with Crippen LogP contribution in [0.1, 0.15) is 12.0 Å². The number of benzene rings is 2. The van der Waals surface area contributed by atoms with Crippen LogP contribution in [-0.2, 0) is 14.6 Å². The van der Waals surface area contributed by atoms with Gasteiger partial charge in [0.1, 0.15) is 0 Å². The SMILES string of the molecule is Cc1cc(Cl)ccc1NCC(=O)N(c1ccccc1)[C@@H]1CCS(=O)(=O)C1. The van der Waals surface area contributed by atoms with E-state index in [1.54, 1.807) is 11.0 Å². The van der Waals surface area contributed by atoms with Gasteiger partial charge in [0.2, 0.25) is 5.91 Å². The first-order chi connectivity index (χ1) is 12.4. The van der Waals surface area contributed by atoms with Gasteiger partial charge in [-0.3, -0.25) is 4.79 Å². The average molecular weight is 393 g/mol.